The quantitative estimate of drug-likeness (QED) is 0.817. The second kappa shape index (κ2) is 6.46. The summed E-state index contributed by atoms with van der Waals surface area (Å²) in [5.74, 6) is -1.12. The molecule has 1 saturated carbocycles. The summed E-state index contributed by atoms with van der Waals surface area (Å²) >= 11 is 0. The Hall–Kier alpha value is -1.86. The first-order valence-electron chi connectivity index (χ1n) is 8.25. The van der Waals surface area contributed by atoms with Crippen LogP contribution in [0, 0.1) is 0 Å². The highest BCUT2D eigenvalue weighted by molar-refractivity contribution is 5.87. The van der Waals surface area contributed by atoms with Crippen LogP contribution in [0.3, 0.4) is 0 Å². The normalized spacial score (nSPS) is 32.1. The Kier molecular flexibility index (Phi) is 4.64. The first-order valence-corrected chi connectivity index (χ1v) is 8.25. The van der Waals surface area contributed by atoms with Gasteiger partial charge in [0.25, 0.3) is 5.91 Å². The van der Waals surface area contributed by atoms with Gasteiger partial charge in [0.1, 0.15) is 0 Å². The van der Waals surface area contributed by atoms with E-state index in [-0.39, 0.29) is 18.1 Å². The number of hydrogen-bond donors (Lipinski definition) is 2. The Morgan fingerprint density at radius 3 is 2.44 bits per heavy atom. The summed E-state index contributed by atoms with van der Waals surface area (Å²) < 4.78 is 45.3. The van der Waals surface area contributed by atoms with E-state index in [4.69, 9.17) is 10.5 Å². The summed E-state index contributed by atoms with van der Waals surface area (Å²) in [6, 6.07) is 9.27. The van der Waals surface area contributed by atoms with Crippen LogP contribution in [-0.4, -0.2) is 36.9 Å². The van der Waals surface area contributed by atoms with E-state index in [9.17, 15) is 18.0 Å². The van der Waals surface area contributed by atoms with Crippen LogP contribution in [0.2, 0.25) is 0 Å². The summed E-state index contributed by atoms with van der Waals surface area (Å²) in [6.07, 6.45) is -1.42. The van der Waals surface area contributed by atoms with E-state index in [2.05, 4.69) is 5.32 Å². The van der Waals surface area contributed by atoms with Gasteiger partial charge >= 0.3 is 6.18 Å². The molecule has 4 nitrogen and oxygen atoms in total. The van der Waals surface area contributed by atoms with Gasteiger partial charge in [-0.15, -0.1) is 0 Å². The largest absolute Gasteiger partial charge is 0.426 e. The minimum absolute atomic E-state index is 0.228. The molecule has 3 N–H and O–H groups in total. The zero-order valence-electron chi connectivity index (χ0n) is 13.7. The molecule has 0 radical (unpaired) electrons. The van der Waals surface area contributed by atoms with Crippen molar-refractivity contribution < 1.29 is 22.7 Å². The standard InChI is InChI=1S/C18H21F3N2O2/c19-18(20,21)17(8-4-5-9-25-17)15(24)23-14-10-16(11-14,12-22)13-6-2-1-3-7-13/h1-7,14H,8-12,22H2,(H,23,24). The lowest BCUT2D eigenvalue weighted by Gasteiger charge is -2.49. The highest BCUT2D eigenvalue weighted by Crippen LogP contribution is 2.44. The fourth-order valence-corrected chi connectivity index (χ4v) is 3.65. The molecule has 0 bridgehead atoms. The number of hydrogen-bond acceptors (Lipinski definition) is 3. The molecule has 0 saturated heterocycles. The fourth-order valence-electron chi connectivity index (χ4n) is 3.65. The molecule has 7 heteroatoms. The molecule has 1 fully saturated rings. The lowest BCUT2D eigenvalue weighted by Crippen LogP contribution is -2.64. The van der Waals surface area contributed by atoms with Crippen LogP contribution < -0.4 is 11.1 Å². The van der Waals surface area contributed by atoms with Crippen LogP contribution in [-0.2, 0) is 14.9 Å². The minimum atomic E-state index is -4.77. The molecule has 3 rings (SSSR count). The molecule has 0 spiro atoms. The number of halogens is 3. The van der Waals surface area contributed by atoms with Gasteiger partial charge in [-0.2, -0.15) is 13.2 Å². The van der Waals surface area contributed by atoms with Gasteiger partial charge in [0.05, 0.1) is 6.61 Å². The average Bonchev–Trinajstić information content (AvgIpc) is 2.58. The Bertz CT molecular complexity index is 654. The summed E-state index contributed by atoms with van der Waals surface area (Å²) in [6.45, 7) is 0.154. The average molecular weight is 354 g/mol. The van der Waals surface area contributed by atoms with Gasteiger partial charge in [-0.1, -0.05) is 42.5 Å². The second-order valence-corrected chi connectivity index (χ2v) is 6.74. The fraction of sp³-hybridized carbons (Fsp3) is 0.500. The van der Waals surface area contributed by atoms with Crippen molar-refractivity contribution in [1.29, 1.82) is 0 Å². The van der Waals surface area contributed by atoms with E-state index in [0.717, 1.165) is 5.56 Å². The molecule has 1 unspecified atom stereocenters. The maximum atomic E-state index is 13.5. The first kappa shape index (κ1) is 17.9. The topological polar surface area (TPSA) is 64.3 Å². The van der Waals surface area contributed by atoms with E-state index >= 15 is 0 Å². The molecule has 1 aromatic carbocycles. The molecule has 1 aromatic rings. The van der Waals surface area contributed by atoms with Gasteiger partial charge < -0.3 is 15.8 Å². The van der Waals surface area contributed by atoms with Crippen molar-refractivity contribution in [2.75, 3.05) is 13.2 Å². The van der Waals surface area contributed by atoms with E-state index in [0.29, 0.717) is 19.4 Å². The molecule has 1 amide bonds. The molecular formula is C18H21F3N2O2. The second-order valence-electron chi connectivity index (χ2n) is 6.74. The Balaban J connectivity index is 1.70. The zero-order chi connectivity index (χ0) is 18.1. The summed E-state index contributed by atoms with van der Waals surface area (Å²) in [7, 11) is 0. The van der Waals surface area contributed by atoms with Gasteiger partial charge in [-0.25, -0.2) is 0 Å². The van der Waals surface area contributed by atoms with Crippen LogP contribution in [0.4, 0.5) is 13.2 Å². The first-order chi connectivity index (χ1) is 11.8. The Morgan fingerprint density at radius 2 is 1.92 bits per heavy atom. The summed E-state index contributed by atoms with van der Waals surface area (Å²) in [5.41, 5.74) is 3.86. The number of rotatable bonds is 4. The summed E-state index contributed by atoms with van der Waals surface area (Å²) in [5, 5.41) is 2.52. The van der Waals surface area contributed by atoms with Gasteiger partial charge in [-0.05, 0) is 18.4 Å². The Labute approximate surface area is 144 Å². The van der Waals surface area contributed by atoms with Gasteiger partial charge in [0.15, 0.2) is 0 Å². The lowest BCUT2D eigenvalue weighted by atomic mass is 9.61. The highest BCUT2D eigenvalue weighted by atomic mass is 19.4. The van der Waals surface area contributed by atoms with E-state index in [1.807, 2.05) is 30.3 Å². The third-order valence-electron chi connectivity index (χ3n) is 5.21. The summed E-state index contributed by atoms with van der Waals surface area (Å²) in [4.78, 5) is 12.4. The number of amides is 1. The maximum absolute atomic E-state index is 13.5. The Morgan fingerprint density at radius 1 is 1.24 bits per heavy atom. The number of benzene rings is 1. The van der Waals surface area contributed by atoms with Crippen LogP contribution >= 0.6 is 0 Å². The molecular weight excluding hydrogens is 333 g/mol. The molecule has 1 atom stereocenters. The van der Waals surface area contributed by atoms with Crippen molar-refractivity contribution in [2.24, 2.45) is 5.73 Å². The number of carbonyl (C=O) groups is 1. The predicted molar refractivity (Wildman–Crippen MR) is 86.8 cm³/mol. The van der Waals surface area contributed by atoms with E-state index < -0.39 is 24.1 Å². The molecule has 1 heterocycles. The van der Waals surface area contributed by atoms with E-state index in [1.54, 1.807) is 0 Å². The van der Waals surface area contributed by atoms with Crippen molar-refractivity contribution in [3.8, 4) is 0 Å². The SMILES string of the molecule is NCC1(c2ccccc2)CC(NC(=O)C2(C(F)(F)F)CC=CCO2)C1. The highest BCUT2D eigenvalue weighted by Gasteiger charge is 2.62. The van der Waals surface area contributed by atoms with Gasteiger partial charge in [0.2, 0.25) is 5.60 Å². The third-order valence-corrected chi connectivity index (χ3v) is 5.21. The predicted octanol–water partition coefficient (Wildman–Crippen LogP) is 2.44. The van der Waals surface area contributed by atoms with E-state index in [1.165, 1.54) is 12.2 Å². The number of ether oxygens (including phenoxy) is 1. The van der Waals surface area contributed by atoms with Crippen molar-refractivity contribution in [3.05, 3.63) is 48.0 Å². The number of nitrogens with one attached hydrogen (secondary N) is 1. The number of alkyl halides is 3. The lowest BCUT2D eigenvalue weighted by molar-refractivity contribution is -0.266. The maximum Gasteiger partial charge on any atom is 0.426 e. The molecule has 136 valence electrons. The van der Waals surface area contributed by atoms with Crippen molar-refractivity contribution in [1.82, 2.24) is 5.32 Å². The van der Waals surface area contributed by atoms with Gasteiger partial charge in [0, 0.05) is 24.4 Å². The van der Waals surface area contributed by atoms with Crippen LogP contribution in [0.1, 0.15) is 24.8 Å². The monoisotopic (exact) mass is 354 g/mol. The van der Waals surface area contributed by atoms with Gasteiger partial charge in [-0.3, -0.25) is 4.79 Å². The van der Waals surface area contributed by atoms with Crippen LogP contribution in [0.5, 0.6) is 0 Å². The molecule has 1 aliphatic carbocycles. The minimum Gasteiger partial charge on any atom is -0.353 e. The molecule has 0 aromatic heterocycles. The third kappa shape index (κ3) is 3.06. The number of carbonyl (C=O) groups excluding carboxylic acids is 1. The molecule has 25 heavy (non-hydrogen) atoms. The van der Waals surface area contributed by atoms with Crippen LogP contribution in [0.15, 0.2) is 42.5 Å². The van der Waals surface area contributed by atoms with Crippen LogP contribution in [0.25, 0.3) is 0 Å². The number of nitrogens with two attached hydrogens (primary N) is 1. The molecule has 1 aliphatic heterocycles. The zero-order valence-corrected chi connectivity index (χ0v) is 13.7. The smallest absolute Gasteiger partial charge is 0.353 e. The molecule has 2 aliphatic rings. The van der Waals surface area contributed by atoms with Crippen molar-refractivity contribution in [3.63, 3.8) is 0 Å². The van der Waals surface area contributed by atoms with Crippen molar-refractivity contribution >= 4 is 5.91 Å². The van der Waals surface area contributed by atoms with Crippen molar-refractivity contribution in [2.45, 2.75) is 42.5 Å².